The number of rotatable bonds is 16. The summed E-state index contributed by atoms with van der Waals surface area (Å²) in [5.41, 5.74) is 0. The number of nitrogens with zero attached hydrogens (tertiary/aromatic N) is 2. The van der Waals surface area contributed by atoms with Crippen LogP contribution in [0.1, 0.15) is 32.1 Å². The molecule has 148 valence electrons. The molecule has 0 unspecified atom stereocenters. The van der Waals surface area contributed by atoms with Crippen LogP contribution in [0, 0.1) is 17.9 Å². The summed E-state index contributed by atoms with van der Waals surface area (Å²) in [5, 5.41) is 8.87. The van der Waals surface area contributed by atoms with Crippen molar-refractivity contribution in [1.82, 2.24) is 0 Å². The first-order chi connectivity index (χ1) is 13.0. The van der Waals surface area contributed by atoms with E-state index in [-0.39, 0.29) is 0 Å². The number of ether oxygens (including phenoxy) is 2. The Morgan fingerprint density at radius 3 is 1.89 bits per heavy atom. The summed E-state index contributed by atoms with van der Waals surface area (Å²) < 4.78 is 10.2. The second-order valence-corrected chi connectivity index (χ2v) is 11.4. The Bertz CT molecular complexity index is 513. The van der Waals surface area contributed by atoms with Crippen molar-refractivity contribution < 1.29 is 19.1 Å². The van der Waals surface area contributed by atoms with E-state index in [4.69, 9.17) is 21.3 Å². The van der Waals surface area contributed by atoms with Gasteiger partial charge in [0.15, 0.2) is 0 Å². The van der Waals surface area contributed by atoms with Gasteiger partial charge in [0, 0.05) is 25.0 Å². The zero-order chi connectivity index (χ0) is 20.4. The molecular weight excluding hydrogens is 360 g/mol. The molecule has 0 fully saturated rings. The van der Waals surface area contributed by atoms with Crippen LogP contribution in [0.25, 0.3) is 4.85 Å². The second kappa shape index (κ2) is 15.8. The molecule has 0 aliphatic heterocycles. The first-order valence-corrected chi connectivity index (χ1v) is 12.1. The molecule has 0 spiro atoms. The van der Waals surface area contributed by atoms with Crippen molar-refractivity contribution in [3.8, 4) is 6.07 Å². The lowest BCUT2D eigenvalue weighted by Gasteiger charge is -2.31. The molecule has 27 heavy (non-hydrogen) atoms. The van der Waals surface area contributed by atoms with Gasteiger partial charge < -0.3 is 14.3 Å². The van der Waals surface area contributed by atoms with Crippen molar-refractivity contribution in [2.45, 2.75) is 56.3 Å². The van der Waals surface area contributed by atoms with Crippen molar-refractivity contribution in [2.75, 3.05) is 19.8 Å². The molecule has 0 amide bonds. The Balaban J connectivity index is 4.85. The van der Waals surface area contributed by atoms with E-state index in [1.807, 2.05) is 0 Å². The largest absolute Gasteiger partial charge is 0.463 e. The van der Waals surface area contributed by atoms with Gasteiger partial charge in [-0.05, 0) is 19.3 Å². The third kappa shape index (κ3) is 12.6. The Morgan fingerprint density at radius 1 is 0.963 bits per heavy atom. The van der Waals surface area contributed by atoms with Crippen molar-refractivity contribution in [1.29, 1.82) is 5.26 Å². The fourth-order valence-electron chi connectivity index (χ4n) is 3.18. The average molecular weight is 391 g/mol. The normalized spacial score (nSPS) is 10.3. The van der Waals surface area contributed by atoms with Crippen LogP contribution in [0.4, 0.5) is 0 Å². The molecule has 0 aromatic rings. The quantitative estimate of drug-likeness (QED) is 0.129. The Morgan fingerprint density at radius 2 is 1.44 bits per heavy atom. The molecule has 0 radical (unpaired) electrons. The van der Waals surface area contributed by atoms with E-state index in [0.717, 1.165) is 62.0 Å². The third-order valence-electron chi connectivity index (χ3n) is 4.50. The zero-order valence-corrected chi connectivity index (χ0v) is 17.1. The molecule has 0 aliphatic rings. The molecule has 0 aromatic carbocycles. The highest BCUT2D eigenvalue weighted by atomic mass is 28.3. The number of esters is 2. The van der Waals surface area contributed by atoms with Crippen LogP contribution >= 0.6 is 0 Å². The van der Waals surface area contributed by atoms with Gasteiger partial charge in [-0.25, -0.2) is 16.2 Å². The van der Waals surface area contributed by atoms with Crippen molar-refractivity contribution >= 4 is 20.0 Å². The first kappa shape index (κ1) is 24.6. The van der Waals surface area contributed by atoms with Crippen molar-refractivity contribution in [3.63, 3.8) is 0 Å². The Labute approximate surface area is 163 Å². The molecule has 0 saturated heterocycles. The van der Waals surface area contributed by atoms with Gasteiger partial charge in [0.2, 0.25) is 6.54 Å². The minimum absolute atomic E-state index is 0.353. The molecule has 0 aromatic heterocycles. The SMILES string of the molecule is [C-]#[N+]CCC[Si](CCCC#N)(CCCOC(=O)C=C)CCCOC(=O)C=C. The molecule has 0 aliphatic carbocycles. The number of carbonyl (C=O) groups excluding carboxylic acids is 2. The number of hydrogen-bond acceptors (Lipinski definition) is 5. The predicted octanol–water partition coefficient (Wildman–Crippen LogP) is 4.29. The van der Waals surface area contributed by atoms with Gasteiger partial charge in [0.25, 0.3) is 0 Å². The lowest BCUT2D eigenvalue weighted by atomic mass is 10.4. The van der Waals surface area contributed by atoms with Crippen molar-refractivity contribution in [3.05, 3.63) is 36.7 Å². The van der Waals surface area contributed by atoms with E-state index >= 15 is 0 Å². The summed E-state index contributed by atoms with van der Waals surface area (Å²) in [4.78, 5) is 25.9. The second-order valence-electron chi connectivity index (χ2n) is 6.45. The molecular formula is C20H30N2O4Si. The fraction of sp³-hybridized carbons (Fsp3) is 0.600. The Kier molecular flexibility index (Phi) is 14.4. The van der Waals surface area contributed by atoms with Crippen LogP contribution in [0.3, 0.4) is 0 Å². The van der Waals surface area contributed by atoms with Gasteiger partial charge in [-0.1, -0.05) is 37.3 Å². The number of carbonyl (C=O) groups is 2. The Hall–Kier alpha value is -2.38. The molecule has 0 heterocycles. The summed E-state index contributed by atoms with van der Waals surface area (Å²) in [5.74, 6) is -0.841. The maximum Gasteiger partial charge on any atom is 0.330 e. The molecule has 7 heteroatoms. The van der Waals surface area contributed by atoms with Crippen LogP contribution in [0.15, 0.2) is 25.3 Å². The minimum Gasteiger partial charge on any atom is -0.463 e. The lowest BCUT2D eigenvalue weighted by molar-refractivity contribution is -0.138. The van der Waals surface area contributed by atoms with E-state index in [1.165, 1.54) is 0 Å². The highest BCUT2D eigenvalue weighted by Crippen LogP contribution is 2.32. The maximum atomic E-state index is 11.2. The van der Waals surface area contributed by atoms with Gasteiger partial charge in [0.1, 0.15) is 0 Å². The van der Waals surface area contributed by atoms with E-state index in [0.29, 0.717) is 26.2 Å². The summed E-state index contributed by atoms with van der Waals surface area (Å²) in [6.45, 7) is 15.0. The average Bonchev–Trinajstić information content (AvgIpc) is 2.68. The maximum absolute atomic E-state index is 11.2. The predicted molar refractivity (Wildman–Crippen MR) is 107 cm³/mol. The van der Waals surface area contributed by atoms with Crippen LogP contribution in [-0.2, 0) is 19.1 Å². The molecule has 6 nitrogen and oxygen atoms in total. The fourth-order valence-corrected chi connectivity index (χ4v) is 8.31. The van der Waals surface area contributed by atoms with Gasteiger partial charge >= 0.3 is 11.9 Å². The smallest absolute Gasteiger partial charge is 0.330 e. The molecule has 0 bridgehead atoms. The highest BCUT2D eigenvalue weighted by molar-refractivity contribution is 6.79. The monoisotopic (exact) mass is 390 g/mol. The number of hydrogen-bond donors (Lipinski definition) is 0. The van der Waals surface area contributed by atoms with Gasteiger partial charge in [-0.3, -0.25) is 0 Å². The van der Waals surface area contributed by atoms with Crippen LogP contribution in [-0.4, -0.2) is 39.8 Å². The van der Waals surface area contributed by atoms with Crippen LogP contribution in [0.2, 0.25) is 24.2 Å². The van der Waals surface area contributed by atoms with Gasteiger partial charge in [-0.2, -0.15) is 5.26 Å². The van der Waals surface area contributed by atoms with Crippen LogP contribution in [0.5, 0.6) is 0 Å². The van der Waals surface area contributed by atoms with E-state index in [9.17, 15) is 9.59 Å². The minimum atomic E-state index is -1.76. The summed E-state index contributed by atoms with van der Waals surface area (Å²) in [6.07, 6.45) is 6.06. The molecule has 0 N–H and O–H groups in total. The molecule has 0 saturated carbocycles. The van der Waals surface area contributed by atoms with Crippen molar-refractivity contribution in [2.24, 2.45) is 0 Å². The first-order valence-electron chi connectivity index (χ1n) is 9.32. The van der Waals surface area contributed by atoms with Gasteiger partial charge in [0.05, 0.1) is 27.4 Å². The van der Waals surface area contributed by atoms with E-state index in [1.54, 1.807) is 0 Å². The standard InChI is InChI=1S/C20H30N2O4Si/c1-4-19(23)25-13-9-17-27(15-7-6-11-21,16-8-12-22-3)18-10-14-26-20(24)5-2/h4-5H,1-2,6-10,12-18H2. The molecule has 0 rings (SSSR count). The van der Waals surface area contributed by atoms with E-state index < -0.39 is 20.0 Å². The number of unbranched alkanes of at least 4 members (excludes halogenated alkanes) is 1. The number of nitriles is 1. The summed E-state index contributed by atoms with van der Waals surface area (Å²) in [7, 11) is -1.76. The topological polar surface area (TPSA) is 80.8 Å². The molecule has 0 atom stereocenters. The van der Waals surface area contributed by atoms with E-state index in [2.05, 4.69) is 24.1 Å². The third-order valence-corrected chi connectivity index (χ3v) is 10.2. The zero-order valence-electron chi connectivity index (χ0n) is 16.1. The summed E-state index contributed by atoms with van der Waals surface area (Å²) >= 11 is 0. The lowest BCUT2D eigenvalue weighted by Crippen LogP contribution is -2.35. The summed E-state index contributed by atoms with van der Waals surface area (Å²) in [6, 6.07) is 6.15. The van der Waals surface area contributed by atoms with Gasteiger partial charge in [-0.15, -0.1) is 0 Å². The van der Waals surface area contributed by atoms with Crippen LogP contribution < -0.4 is 0 Å². The highest BCUT2D eigenvalue weighted by Gasteiger charge is 2.31.